The van der Waals surface area contributed by atoms with Gasteiger partial charge in [0.05, 0.1) is 11.8 Å². The van der Waals surface area contributed by atoms with Crippen LogP contribution in [0, 0.1) is 0 Å². The molecule has 0 saturated heterocycles. The van der Waals surface area contributed by atoms with E-state index in [1.807, 2.05) is 5.16 Å². The minimum Gasteiger partial charge on any atom is -0.447 e. The molecule has 0 saturated carbocycles. The molecule has 0 rings (SSSR count). The first-order chi connectivity index (χ1) is 5.81. The second kappa shape index (κ2) is 8.37. The van der Waals surface area contributed by atoms with E-state index in [0.717, 1.165) is 12.8 Å². The van der Waals surface area contributed by atoms with Gasteiger partial charge < -0.3 is 4.74 Å². The van der Waals surface area contributed by atoms with Crippen molar-refractivity contribution in [3.63, 3.8) is 0 Å². The van der Waals surface area contributed by atoms with Gasteiger partial charge in [-0.1, -0.05) is 26.2 Å². The van der Waals surface area contributed by atoms with Crippen LogP contribution in [0.25, 0.3) is 0 Å². The number of hydrogen-bond acceptors (Lipinski definition) is 3. The second-order valence-corrected chi connectivity index (χ2v) is 2.56. The van der Waals surface area contributed by atoms with Crippen LogP contribution in [0.15, 0.2) is 4.99 Å². The predicted molar refractivity (Wildman–Crippen MR) is 50.5 cm³/mol. The van der Waals surface area contributed by atoms with Gasteiger partial charge in [-0.15, -0.1) is 4.99 Å². The first kappa shape index (κ1) is 11.3. The number of rotatable bonds is 5. The van der Waals surface area contributed by atoms with Crippen molar-refractivity contribution in [3.05, 3.63) is 0 Å². The van der Waals surface area contributed by atoms with Crippen LogP contribution in [0.4, 0.5) is 4.79 Å². The quantitative estimate of drug-likeness (QED) is 0.377. The number of hydrogen-bond donors (Lipinski definition) is 0. The monoisotopic (exact) mass is 187 g/mol. The van der Waals surface area contributed by atoms with Crippen molar-refractivity contribution in [2.24, 2.45) is 4.99 Å². The minimum atomic E-state index is -0.638. The highest BCUT2D eigenvalue weighted by Gasteiger charge is 1.96. The van der Waals surface area contributed by atoms with Crippen LogP contribution in [0.5, 0.6) is 0 Å². The highest BCUT2D eigenvalue weighted by molar-refractivity contribution is 7.78. The summed E-state index contributed by atoms with van der Waals surface area (Å²) in [6, 6.07) is 0. The summed E-state index contributed by atoms with van der Waals surface area (Å²) in [5, 5.41) is 1.95. The predicted octanol–water partition coefficient (Wildman–Crippen LogP) is 2.81. The maximum Gasteiger partial charge on any atom is 0.442 e. The second-order valence-electron chi connectivity index (χ2n) is 2.38. The van der Waals surface area contributed by atoms with Crippen molar-refractivity contribution < 1.29 is 9.53 Å². The van der Waals surface area contributed by atoms with E-state index in [1.54, 1.807) is 0 Å². The van der Waals surface area contributed by atoms with E-state index < -0.39 is 6.09 Å². The molecule has 0 aliphatic rings. The van der Waals surface area contributed by atoms with E-state index in [4.69, 9.17) is 4.74 Å². The van der Waals surface area contributed by atoms with Crippen LogP contribution < -0.4 is 0 Å². The molecule has 0 aromatic carbocycles. The lowest BCUT2D eigenvalue weighted by molar-refractivity contribution is 0.155. The van der Waals surface area contributed by atoms with Crippen molar-refractivity contribution in [2.45, 2.75) is 32.6 Å². The standard InChI is InChI=1S/C8H13NO2S/c1-2-3-4-5-6-11-8(10)9-7-12/h2-6H2,1H3. The summed E-state index contributed by atoms with van der Waals surface area (Å²) in [6.45, 7) is 2.56. The molecule has 4 heteroatoms. The summed E-state index contributed by atoms with van der Waals surface area (Å²) in [7, 11) is 0. The molecule has 0 spiro atoms. The number of aliphatic imine (C=N–C) groups is 1. The Morgan fingerprint density at radius 3 is 2.83 bits per heavy atom. The molecule has 0 atom stereocenters. The Balaban J connectivity index is 3.19. The summed E-state index contributed by atoms with van der Waals surface area (Å²) in [6.07, 6.45) is 3.69. The summed E-state index contributed by atoms with van der Waals surface area (Å²) in [5.74, 6) is 0. The largest absolute Gasteiger partial charge is 0.447 e. The first-order valence-electron chi connectivity index (χ1n) is 4.06. The number of thiocarbonyl (C=S) groups is 1. The zero-order valence-corrected chi connectivity index (χ0v) is 8.02. The average molecular weight is 187 g/mol. The molecule has 0 N–H and O–H groups in total. The van der Waals surface area contributed by atoms with Crippen LogP contribution in [0.1, 0.15) is 32.6 Å². The Bertz CT molecular complexity index is 176. The van der Waals surface area contributed by atoms with Gasteiger partial charge >= 0.3 is 6.09 Å². The molecule has 3 nitrogen and oxygen atoms in total. The van der Waals surface area contributed by atoms with Crippen LogP contribution in [-0.2, 0) is 4.74 Å². The number of isothiocyanates is 1. The fourth-order valence-electron chi connectivity index (χ4n) is 0.758. The summed E-state index contributed by atoms with van der Waals surface area (Å²) >= 11 is 4.23. The molecule has 0 aliphatic heterocycles. The number of unbranched alkanes of at least 4 members (excludes halogenated alkanes) is 3. The molecular weight excluding hydrogens is 174 g/mol. The fraction of sp³-hybridized carbons (Fsp3) is 0.750. The van der Waals surface area contributed by atoms with Gasteiger partial charge in [-0.05, 0) is 18.6 Å². The average Bonchev–Trinajstić information content (AvgIpc) is 2.05. The third-order valence-electron chi connectivity index (χ3n) is 1.36. The molecule has 0 bridgehead atoms. The Kier molecular flexibility index (Phi) is 7.86. The third-order valence-corrected chi connectivity index (χ3v) is 1.45. The number of ether oxygens (including phenoxy) is 1. The van der Waals surface area contributed by atoms with Gasteiger partial charge in [0, 0.05) is 0 Å². The molecule has 1 amide bonds. The Hall–Kier alpha value is -0.730. The van der Waals surface area contributed by atoms with Crippen molar-refractivity contribution in [3.8, 4) is 0 Å². The molecule has 0 radical (unpaired) electrons. The summed E-state index contributed by atoms with van der Waals surface area (Å²) in [5.41, 5.74) is 0. The summed E-state index contributed by atoms with van der Waals surface area (Å²) in [4.78, 5) is 13.7. The SMILES string of the molecule is CCCCCCOC(=O)N=C=S. The minimum absolute atomic E-state index is 0.430. The highest BCUT2D eigenvalue weighted by Crippen LogP contribution is 1.99. The number of carbonyl (C=O) groups excluding carboxylic acids is 1. The fourth-order valence-corrected chi connectivity index (χ4v) is 0.832. The number of carbonyl (C=O) groups is 1. The van der Waals surface area contributed by atoms with Crippen LogP contribution in [-0.4, -0.2) is 17.9 Å². The molecule has 0 aromatic rings. The highest BCUT2D eigenvalue weighted by atomic mass is 32.1. The zero-order chi connectivity index (χ0) is 9.23. The molecule has 12 heavy (non-hydrogen) atoms. The van der Waals surface area contributed by atoms with Crippen LogP contribution in [0.3, 0.4) is 0 Å². The van der Waals surface area contributed by atoms with Crippen molar-refractivity contribution in [2.75, 3.05) is 6.61 Å². The molecule has 68 valence electrons. The van der Waals surface area contributed by atoms with Gasteiger partial charge in [0.1, 0.15) is 0 Å². The normalized spacial score (nSPS) is 8.75. The van der Waals surface area contributed by atoms with Gasteiger partial charge in [0.2, 0.25) is 0 Å². The number of amides is 1. The molecule has 0 fully saturated rings. The van der Waals surface area contributed by atoms with Gasteiger partial charge in [-0.2, -0.15) is 0 Å². The van der Waals surface area contributed by atoms with E-state index in [1.165, 1.54) is 12.8 Å². The van der Waals surface area contributed by atoms with Crippen molar-refractivity contribution >= 4 is 23.5 Å². The first-order valence-corrected chi connectivity index (χ1v) is 4.46. The zero-order valence-electron chi connectivity index (χ0n) is 7.21. The van der Waals surface area contributed by atoms with E-state index >= 15 is 0 Å². The van der Waals surface area contributed by atoms with E-state index in [9.17, 15) is 4.79 Å². The Morgan fingerprint density at radius 1 is 1.50 bits per heavy atom. The lowest BCUT2D eigenvalue weighted by atomic mass is 10.2. The van der Waals surface area contributed by atoms with Gasteiger partial charge in [-0.25, -0.2) is 4.79 Å². The lowest BCUT2D eigenvalue weighted by Gasteiger charge is -1.98. The van der Waals surface area contributed by atoms with Gasteiger partial charge in [0.15, 0.2) is 0 Å². The molecule has 0 aromatic heterocycles. The van der Waals surface area contributed by atoms with Crippen molar-refractivity contribution in [1.29, 1.82) is 0 Å². The van der Waals surface area contributed by atoms with E-state index in [0.29, 0.717) is 6.61 Å². The lowest BCUT2D eigenvalue weighted by Crippen LogP contribution is -1.99. The molecular formula is C8H13NO2S. The van der Waals surface area contributed by atoms with Gasteiger partial charge in [-0.3, -0.25) is 0 Å². The molecule has 0 aliphatic carbocycles. The molecule has 0 unspecified atom stereocenters. The Morgan fingerprint density at radius 2 is 2.25 bits per heavy atom. The topological polar surface area (TPSA) is 38.7 Å². The summed E-state index contributed by atoms with van der Waals surface area (Å²) < 4.78 is 4.69. The maximum absolute atomic E-state index is 10.6. The maximum atomic E-state index is 10.6. The van der Waals surface area contributed by atoms with Gasteiger partial charge in [0.25, 0.3) is 0 Å². The van der Waals surface area contributed by atoms with E-state index in [-0.39, 0.29) is 0 Å². The smallest absolute Gasteiger partial charge is 0.442 e. The van der Waals surface area contributed by atoms with E-state index in [2.05, 4.69) is 24.1 Å². The Labute approximate surface area is 77.8 Å². The van der Waals surface area contributed by atoms with Crippen LogP contribution in [0.2, 0.25) is 0 Å². The number of nitrogens with zero attached hydrogens (tertiary/aromatic N) is 1. The van der Waals surface area contributed by atoms with Crippen LogP contribution >= 0.6 is 12.2 Å². The third kappa shape index (κ3) is 7.38. The molecule has 0 heterocycles. The van der Waals surface area contributed by atoms with Crippen molar-refractivity contribution in [1.82, 2.24) is 0 Å².